The second-order valence-corrected chi connectivity index (χ2v) is 7.43. The van der Waals surface area contributed by atoms with E-state index in [1.807, 2.05) is 19.1 Å². The Kier molecular flexibility index (Phi) is 6.39. The molecule has 0 saturated carbocycles. The van der Waals surface area contributed by atoms with Gasteiger partial charge < -0.3 is 10.1 Å². The van der Waals surface area contributed by atoms with Gasteiger partial charge >= 0.3 is 12.0 Å². The number of esters is 1. The van der Waals surface area contributed by atoms with Gasteiger partial charge in [0.15, 0.2) is 0 Å². The molecular formula is C23H25N3O5. The quantitative estimate of drug-likeness (QED) is 0.545. The van der Waals surface area contributed by atoms with E-state index in [-0.39, 0.29) is 13.2 Å². The maximum atomic E-state index is 13.1. The number of aryl methyl sites for hydroxylation is 1. The lowest BCUT2D eigenvalue weighted by atomic mass is 9.91. The number of anilines is 1. The molecule has 0 aliphatic carbocycles. The molecular weight excluding hydrogens is 398 g/mol. The van der Waals surface area contributed by atoms with Crippen LogP contribution in [-0.2, 0) is 24.7 Å². The van der Waals surface area contributed by atoms with E-state index in [0.29, 0.717) is 11.3 Å². The lowest BCUT2D eigenvalue weighted by molar-refractivity contribution is -0.142. The zero-order chi connectivity index (χ0) is 22.6. The van der Waals surface area contributed by atoms with Crippen LogP contribution in [0, 0.1) is 6.92 Å². The molecule has 1 unspecified atom stereocenters. The molecule has 1 N–H and O–H groups in total. The number of rotatable bonds is 7. The van der Waals surface area contributed by atoms with Crippen molar-refractivity contribution in [2.45, 2.75) is 26.3 Å². The average Bonchev–Trinajstić information content (AvgIpc) is 2.97. The van der Waals surface area contributed by atoms with E-state index in [1.165, 1.54) is 4.90 Å². The van der Waals surface area contributed by atoms with Gasteiger partial charge in [-0.2, -0.15) is 0 Å². The number of para-hydroxylation sites is 1. The molecule has 8 heteroatoms. The monoisotopic (exact) mass is 423 g/mol. The fourth-order valence-electron chi connectivity index (χ4n) is 3.41. The summed E-state index contributed by atoms with van der Waals surface area (Å²) in [5.41, 5.74) is 0.837. The second kappa shape index (κ2) is 8.99. The molecule has 3 rings (SSSR count). The van der Waals surface area contributed by atoms with E-state index in [0.717, 1.165) is 10.5 Å². The molecule has 1 heterocycles. The predicted molar refractivity (Wildman–Crippen MR) is 114 cm³/mol. The van der Waals surface area contributed by atoms with Crippen molar-refractivity contribution in [1.82, 2.24) is 10.2 Å². The van der Waals surface area contributed by atoms with Crippen LogP contribution in [0.15, 0.2) is 54.6 Å². The zero-order valence-electron chi connectivity index (χ0n) is 17.8. The first kappa shape index (κ1) is 22.0. The van der Waals surface area contributed by atoms with Crippen molar-refractivity contribution in [3.8, 4) is 0 Å². The second-order valence-electron chi connectivity index (χ2n) is 7.43. The highest BCUT2D eigenvalue weighted by atomic mass is 16.5. The summed E-state index contributed by atoms with van der Waals surface area (Å²) in [6.07, 6.45) is 0. The molecule has 4 amide bonds. The van der Waals surface area contributed by atoms with Crippen LogP contribution in [0.25, 0.3) is 0 Å². The Morgan fingerprint density at radius 2 is 1.71 bits per heavy atom. The predicted octanol–water partition coefficient (Wildman–Crippen LogP) is 2.36. The average molecular weight is 423 g/mol. The third-order valence-electron chi connectivity index (χ3n) is 5.16. The van der Waals surface area contributed by atoms with Crippen LogP contribution in [-0.4, -0.2) is 48.4 Å². The number of amides is 4. The van der Waals surface area contributed by atoms with Crippen LogP contribution >= 0.6 is 0 Å². The van der Waals surface area contributed by atoms with Crippen LogP contribution in [0.1, 0.15) is 25.0 Å². The molecule has 0 aromatic heterocycles. The molecule has 2 aromatic carbocycles. The van der Waals surface area contributed by atoms with E-state index in [4.69, 9.17) is 4.74 Å². The van der Waals surface area contributed by atoms with Crippen LogP contribution in [0.4, 0.5) is 10.5 Å². The number of imide groups is 1. The van der Waals surface area contributed by atoms with Crippen molar-refractivity contribution in [2.75, 3.05) is 24.6 Å². The summed E-state index contributed by atoms with van der Waals surface area (Å²) >= 11 is 0. The van der Waals surface area contributed by atoms with Crippen molar-refractivity contribution < 1.29 is 23.9 Å². The minimum absolute atomic E-state index is 0.178. The molecule has 1 fully saturated rings. The third-order valence-corrected chi connectivity index (χ3v) is 5.16. The van der Waals surface area contributed by atoms with Crippen molar-refractivity contribution in [3.63, 3.8) is 0 Å². The van der Waals surface area contributed by atoms with Crippen molar-refractivity contribution >= 4 is 29.5 Å². The van der Waals surface area contributed by atoms with Crippen LogP contribution in [0.2, 0.25) is 0 Å². The van der Waals surface area contributed by atoms with E-state index in [1.54, 1.807) is 56.3 Å². The number of nitrogens with one attached hydrogen (secondary N) is 1. The minimum atomic E-state index is -1.27. The molecule has 1 aliphatic heterocycles. The van der Waals surface area contributed by atoms with Gasteiger partial charge in [-0.25, -0.2) is 4.79 Å². The minimum Gasteiger partial charge on any atom is -0.465 e. The smallest absolute Gasteiger partial charge is 0.326 e. The summed E-state index contributed by atoms with van der Waals surface area (Å²) in [4.78, 5) is 52.9. The summed E-state index contributed by atoms with van der Waals surface area (Å²) in [5, 5.41) is 2.69. The fraction of sp³-hybridized carbons (Fsp3) is 0.304. The van der Waals surface area contributed by atoms with Gasteiger partial charge in [-0.3, -0.25) is 24.2 Å². The van der Waals surface area contributed by atoms with E-state index in [9.17, 15) is 19.2 Å². The first-order valence-corrected chi connectivity index (χ1v) is 9.98. The fourth-order valence-corrected chi connectivity index (χ4v) is 3.41. The molecule has 1 saturated heterocycles. The number of urea groups is 1. The van der Waals surface area contributed by atoms with Gasteiger partial charge in [0.25, 0.3) is 5.91 Å². The summed E-state index contributed by atoms with van der Waals surface area (Å²) in [5.74, 6) is -1.68. The molecule has 0 radical (unpaired) electrons. The maximum absolute atomic E-state index is 13.1. The summed E-state index contributed by atoms with van der Waals surface area (Å²) in [6, 6.07) is 15.2. The Balaban J connectivity index is 1.82. The van der Waals surface area contributed by atoms with Crippen LogP contribution in [0.3, 0.4) is 0 Å². The molecule has 8 nitrogen and oxygen atoms in total. The number of ether oxygens (including phenoxy) is 1. The van der Waals surface area contributed by atoms with E-state index < -0.39 is 35.9 Å². The van der Waals surface area contributed by atoms with Gasteiger partial charge in [0.05, 0.1) is 6.61 Å². The highest BCUT2D eigenvalue weighted by Gasteiger charge is 2.49. The Morgan fingerprint density at radius 1 is 1.06 bits per heavy atom. The van der Waals surface area contributed by atoms with Gasteiger partial charge in [-0.1, -0.05) is 48.0 Å². The molecule has 0 spiro atoms. The summed E-state index contributed by atoms with van der Waals surface area (Å²) in [6.45, 7) is 4.56. The lowest BCUT2D eigenvalue weighted by Crippen LogP contribution is -2.46. The molecule has 2 aromatic rings. The SMILES string of the molecule is CCOC(=O)CN(C(=O)CN1C(=O)NC(C)(c2ccc(C)cc2)C1=O)c1ccccc1. The Hall–Kier alpha value is -3.68. The highest BCUT2D eigenvalue weighted by Crippen LogP contribution is 2.29. The van der Waals surface area contributed by atoms with Crippen molar-refractivity contribution in [2.24, 2.45) is 0 Å². The van der Waals surface area contributed by atoms with Crippen LogP contribution < -0.4 is 10.2 Å². The van der Waals surface area contributed by atoms with Crippen molar-refractivity contribution in [3.05, 3.63) is 65.7 Å². The Labute approximate surface area is 180 Å². The number of hydrogen-bond acceptors (Lipinski definition) is 5. The number of carbonyl (C=O) groups excluding carboxylic acids is 4. The van der Waals surface area contributed by atoms with Gasteiger partial charge in [0.1, 0.15) is 18.6 Å². The van der Waals surface area contributed by atoms with Crippen molar-refractivity contribution in [1.29, 1.82) is 0 Å². The van der Waals surface area contributed by atoms with Crippen LogP contribution in [0.5, 0.6) is 0 Å². The number of carbonyl (C=O) groups is 4. The highest BCUT2D eigenvalue weighted by molar-refractivity contribution is 6.11. The van der Waals surface area contributed by atoms with Gasteiger partial charge in [0, 0.05) is 5.69 Å². The summed E-state index contributed by atoms with van der Waals surface area (Å²) < 4.78 is 4.96. The zero-order valence-corrected chi connectivity index (χ0v) is 17.8. The molecule has 1 aliphatic rings. The molecule has 31 heavy (non-hydrogen) atoms. The molecule has 162 valence electrons. The first-order chi connectivity index (χ1) is 14.8. The topological polar surface area (TPSA) is 96.0 Å². The standard InChI is InChI=1S/C23H25N3O5/c1-4-31-20(28)15-25(18-8-6-5-7-9-18)19(27)14-26-21(29)23(3,24-22(26)30)17-12-10-16(2)11-13-17/h5-13H,4,14-15H2,1-3H3,(H,24,30). The van der Waals surface area contributed by atoms with Gasteiger partial charge in [-0.05, 0) is 38.5 Å². The molecule has 0 bridgehead atoms. The Bertz CT molecular complexity index is 990. The Morgan fingerprint density at radius 3 is 2.32 bits per heavy atom. The number of nitrogens with zero attached hydrogens (tertiary/aromatic N) is 2. The number of hydrogen-bond donors (Lipinski definition) is 1. The first-order valence-electron chi connectivity index (χ1n) is 9.98. The largest absolute Gasteiger partial charge is 0.465 e. The number of benzene rings is 2. The van der Waals surface area contributed by atoms with Gasteiger partial charge in [-0.15, -0.1) is 0 Å². The van der Waals surface area contributed by atoms with E-state index in [2.05, 4.69) is 5.32 Å². The van der Waals surface area contributed by atoms with Gasteiger partial charge in [0.2, 0.25) is 5.91 Å². The summed E-state index contributed by atoms with van der Waals surface area (Å²) in [7, 11) is 0. The lowest BCUT2D eigenvalue weighted by Gasteiger charge is -2.25. The third kappa shape index (κ3) is 4.58. The normalized spacial score (nSPS) is 18.0. The molecule has 1 atom stereocenters. The van der Waals surface area contributed by atoms with E-state index >= 15 is 0 Å². The maximum Gasteiger partial charge on any atom is 0.326 e.